The number of nitrogens with one attached hydrogen (secondary N) is 1. The average molecular weight is 522 g/mol. The molecule has 0 radical (unpaired) electrons. The van der Waals surface area contributed by atoms with E-state index in [9.17, 15) is 14.4 Å². The molecule has 0 bridgehead atoms. The van der Waals surface area contributed by atoms with Crippen LogP contribution >= 0.6 is 24.0 Å². The van der Waals surface area contributed by atoms with Crippen molar-refractivity contribution < 1.29 is 14.4 Å². The van der Waals surface area contributed by atoms with E-state index >= 15 is 0 Å². The first-order chi connectivity index (χ1) is 17.4. The molecular weight excluding hydrogens is 490 g/mol. The zero-order valence-electron chi connectivity index (χ0n) is 20.7. The molecule has 6 nitrogen and oxygen atoms in total. The molecule has 0 aromatic heterocycles. The van der Waals surface area contributed by atoms with Crippen LogP contribution in [0.25, 0.3) is 5.57 Å². The van der Waals surface area contributed by atoms with Crippen molar-refractivity contribution in [3.8, 4) is 0 Å². The van der Waals surface area contributed by atoms with Crippen LogP contribution in [0.1, 0.15) is 56.6 Å². The summed E-state index contributed by atoms with van der Waals surface area (Å²) in [6.07, 6.45) is 6.71. The lowest BCUT2D eigenvalue weighted by molar-refractivity contribution is -0.122. The molecule has 4 rings (SSSR count). The fourth-order valence-corrected chi connectivity index (χ4v) is 5.81. The number of rotatable bonds is 10. The van der Waals surface area contributed by atoms with Crippen molar-refractivity contribution in [1.82, 2.24) is 4.90 Å². The summed E-state index contributed by atoms with van der Waals surface area (Å²) in [6, 6.07) is 14.8. The number of unbranched alkanes of at least 4 members (excludes halogenated alkanes) is 5. The van der Waals surface area contributed by atoms with E-state index in [0.717, 1.165) is 24.8 Å². The summed E-state index contributed by atoms with van der Waals surface area (Å²) < 4.78 is 0.483. The van der Waals surface area contributed by atoms with Crippen LogP contribution in [0.2, 0.25) is 0 Å². The van der Waals surface area contributed by atoms with Gasteiger partial charge in [0.1, 0.15) is 10.9 Å². The summed E-state index contributed by atoms with van der Waals surface area (Å²) in [5.41, 5.74) is 3.37. The van der Waals surface area contributed by atoms with Crippen LogP contribution < -0.4 is 10.2 Å². The van der Waals surface area contributed by atoms with Crippen molar-refractivity contribution in [3.63, 3.8) is 0 Å². The van der Waals surface area contributed by atoms with Gasteiger partial charge < -0.3 is 5.32 Å². The highest BCUT2D eigenvalue weighted by molar-refractivity contribution is 8.26. The van der Waals surface area contributed by atoms with Crippen LogP contribution in [0.4, 0.5) is 11.4 Å². The minimum Gasteiger partial charge on any atom is -0.325 e. The molecule has 2 aliphatic rings. The van der Waals surface area contributed by atoms with E-state index in [1.54, 1.807) is 11.0 Å². The third-order valence-corrected chi connectivity index (χ3v) is 7.82. The summed E-state index contributed by atoms with van der Waals surface area (Å²) >= 11 is 6.70. The van der Waals surface area contributed by atoms with Crippen molar-refractivity contribution in [3.05, 3.63) is 64.6 Å². The molecule has 188 valence electrons. The zero-order chi connectivity index (χ0) is 25.7. The van der Waals surface area contributed by atoms with Gasteiger partial charge in [0.05, 0.1) is 16.2 Å². The number of amides is 3. The molecular formula is C28H31N3O3S2. The lowest BCUT2D eigenvalue weighted by Gasteiger charge is -2.17. The third-order valence-electron chi connectivity index (χ3n) is 6.37. The zero-order valence-corrected chi connectivity index (χ0v) is 22.3. The number of carbonyl (C=O) groups is 3. The largest absolute Gasteiger partial charge is 0.325 e. The monoisotopic (exact) mass is 521 g/mol. The highest BCUT2D eigenvalue weighted by atomic mass is 32.2. The van der Waals surface area contributed by atoms with E-state index in [2.05, 4.69) is 12.2 Å². The van der Waals surface area contributed by atoms with Crippen LogP contribution in [-0.4, -0.2) is 40.0 Å². The van der Waals surface area contributed by atoms with Crippen LogP contribution in [0.15, 0.2) is 53.4 Å². The molecule has 2 heterocycles. The van der Waals surface area contributed by atoms with Crippen molar-refractivity contribution >= 4 is 63.0 Å². The standard InChI is InChI=1S/C28H31N3O3S2/c1-3-4-5-6-7-10-17-30-27(34)25(36-28(30)35)24-21-11-8-9-12-22(21)31(26(24)33)18-23(32)29-20-15-13-19(2)14-16-20/h8-9,11-16H,3-7,10,17-18H2,1-2H3,(H,29,32)/b25-24-. The number of para-hydroxylation sites is 1. The molecule has 2 aliphatic heterocycles. The van der Waals surface area contributed by atoms with Crippen molar-refractivity contribution in [2.75, 3.05) is 23.3 Å². The SMILES string of the molecule is CCCCCCCCN1C(=O)/C(=C2/C(=O)N(CC(=O)Nc3ccc(C)cc3)c3ccccc32)SC1=S. The Balaban J connectivity index is 1.50. The number of fused-ring (bicyclic) bond motifs is 1. The van der Waals surface area contributed by atoms with E-state index in [-0.39, 0.29) is 24.3 Å². The first-order valence-corrected chi connectivity index (χ1v) is 13.7. The van der Waals surface area contributed by atoms with Gasteiger partial charge in [-0.2, -0.15) is 0 Å². The van der Waals surface area contributed by atoms with Gasteiger partial charge in [-0.1, -0.05) is 98.9 Å². The van der Waals surface area contributed by atoms with Crippen LogP contribution in [0, 0.1) is 6.92 Å². The van der Waals surface area contributed by atoms with Gasteiger partial charge in [0.2, 0.25) is 5.91 Å². The van der Waals surface area contributed by atoms with Gasteiger partial charge in [-0.3, -0.25) is 24.2 Å². The number of thioether (sulfide) groups is 1. The van der Waals surface area contributed by atoms with Crippen molar-refractivity contribution in [2.45, 2.75) is 52.4 Å². The Kier molecular flexibility index (Phi) is 8.59. The van der Waals surface area contributed by atoms with Gasteiger partial charge >= 0.3 is 0 Å². The predicted octanol–water partition coefficient (Wildman–Crippen LogP) is 5.91. The smallest absolute Gasteiger partial charge is 0.267 e. The van der Waals surface area contributed by atoms with Gasteiger partial charge in [-0.05, 0) is 31.5 Å². The second-order valence-electron chi connectivity index (χ2n) is 9.12. The number of hydrogen-bond acceptors (Lipinski definition) is 5. The first kappa shape index (κ1) is 26.1. The molecule has 0 saturated carbocycles. The molecule has 0 atom stereocenters. The highest BCUT2D eigenvalue weighted by Crippen LogP contribution is 2.44. The normalized spacial score (nSPS) is 17.2. The maximum atomic E-state index is 13.6. The summed E-state index contributed by atoms with van der Waals surface area (Å²) in [4.78, 5) is 43.1. The van der Waals surface area contributed by atoms with Gasteiger partial charge in [-0.15, -0.1) is 0 Å². The second-order valence-corrected chi connectivity index (χ2v) is 10.8. The average Bonchev–Trinajstić information content (AvgIpc) is 3.29. The van der Waals surface area contributed by atoms with E-state index in [0.29, 0.717) is 38.3 Å². The Bertz CT molecular complexity index is 1210. The minimum atomic E-state index is -0.352. The Morgan fingerprint density at radius 2 is 1.61 bits per heavy atom. The summed E-state index contributed by atoms with van der Waals surface area (Å²) in [5, 5.41) is 2.85. The highest BCUT2D eigenvalue weighted by Gasteiger charge is 2.42. The molecule has 3 amide bonds. The number of thiocarbonyl (C=S) groups is 1. The van der Waals surface area contributed by atoms with E-state index in [4.69, 9.17) is 12.2 Å². The fourth-order valence-electron chi connectivity index (χ4n) is 4.43. The molecule has 2 aromatic carbocycles. The Labute approximate surface area is 222 Å². The lowest BCUT2D eigenvalue weighted by atomic mass is 10.1. The summed E-state index contributed by atoms with van der Waals surface area (Å²) in [6.45, 7) is 4.58. The second kappa shape index (κ2) is 11.8. The van der Waals surface area contributed by atoms with Gasteiger partial charge in [-0.25, -0.2) is 0 Å². The number of nitrogens with zero attached hydrogens (tertiary/aromatic N) is 2. The molecule has 36 heavy (non-hydrogen) atoms. The van der Waals surface area contributed by atoms with E-state index in [1.165, 1.54) is 35.9 Å². The van der Waals surface area contributed by atoms with Crippen LogP contribution in [0.5, 0.6) is 0 Å². The molecule has 1 saturated heterocycles. The molecule has 8 heteroatoms. The number of benzene rings is 2. The Hall–Kier alpha value is -2.97. The maximum Gasteiger partial charge on any atom is 0.267 e. The van der Waals surface area contributed by atoms with Gasteiger partial charge in [0.15, 0.2) is 0 Å². The molecule has 1 fully saturated rings. The van der Waals surface area contributed by atoms with Crippen molar-refractivity contribution in [1.29, 1.82) is 0 Å². The number of hydrogen-bond donors (Lipinski definition) is 1. The van der Waals surface area contributed by atoms with Gasteiger partial charge in [0, 0.05) is 17.8 Å². The fraction of sp³-hybridized carbons (Fsp3) is 0.357. The predicted molar refractivity (Wildman–Crippen MR) is 151 cm³/mol. The topological polar surface area (TPSA) is 69.7 Å². The molecule has 0 aliphatic carbocycles. The van der Waals surface area contributed by atoms with Crippen LogP contribution in [0.3, 0.4) is 0 Å². The molecule has 1 N–H and O–H groups in total. The Morgan fingerprint density at radius 1 is 0.917 bits per heavy atom. The quantitative estimate of drug-likeness (QED) is 0.239. The summed E-state index contributed by atoms with van der Waals surface area (Å²) in [5.74, 6) is -0.878. The molecule has 2 aromatic rings. The lowest BCUT2D eigenvalue weighted by Crippen LogP contribution is -2.35. The number of carbonyl (C=O) groups excluding carboxylic acids is 3. The summed E-state index contributed by atoms with van der Waals surface area (Å²) in [7, 11) is 0. The minimum absolute atomic E-state index is 0.148. The molecule has 0 spiro atoms. The molecule has 0 unspecified atom stereocenters. The number of aryl methyl sites for hydroxylation is 1. The Morgan fingerprint density at radius 3 is 2.36 bits per heavy atom. The first-order valence-electron chi connectivity index (χ1n) is 12.5. The van der Waals surface area contributed by atoms with E-state index < -0.39 is 0 Å². The van der Waals surface area contributed by atoms with Gasteiger partial charge in [0.25, 0.3) is 11.8 Å². The maximum absolute atomic E-state index is 13.6. The van der Waals surface area contributed by atoms with Crippen LogP contribution in [-0.2, 0) is 14.4 Å². The van der Waals surface area contributed by atoms with E-state index in [1.807, 2.05) is 49.4 Å². The van der Waals surface area contributed by atoms with Crippen molar-refractivity contribution in [2.24, 2.45) is 0 Å². The third kappa shape index (κ3) is 5.71. The number of anilines is 2.